The summed E-state index contributed by atoms with van der Waals surface area (Å²) in [6.07, 6.45) is 3.34. The van der Waals surface area contributed by atoms with Crippen molar-refractivity contribution in [2.24, 2.45) is 0 Å². The molecule has 0 amide bonds. The number of allylic oxidation sites excluding steroid dienone is 2. The van der Waals surface area contributed by atoms with E-state index in [2.05, 4.69) is 15.9 Å². The van der Waals surface area contributed by atoms with Crippen molar-refractivity contribution in [3.8, 4) is 0 Å². The predicted molar refractivity (Wildman–Crippen MR) is 54.2 cm³/mol. The van der Waals surface area contributed by atoms with Crippen molar-refractivity contribution >= 4 is 38.6 Å². The highest BCUT2D eigenvalue weighted by molar-refractivity contribution is 9.10. The molecular weight excluding hydrogens is 236 g/mol. The first-order valence-corrected chi connectivity index (χ1v) is 5.41. The van der Waals surface area contributed by atoms with Crippen LogP contribution < -0.4 is 0 Å². The van der Waals surface area contributed by atoms with E-state index in [0.717, 1.165) is 10.9 Å². The van der Waals surface area contributed by atoms with Crippen LogP contribution in [0.1, 0.15) is 17.7 Å². The topological polar surface area (TPSA) is 17.1 Å². The largest absolute Gasteiger partial charge is 0.295 e. The second-order valence-electron chi connectivity index (χ2n) is 2.73. The standard InChI is InChI=1S/C9H7BrOS/c10-8-3-4-12-9(8)6-1-2-7(11)5-6/h3-5H,1-2H2. The Bertz CT molecular complexity index is 351. The quantitative estimate of drug-likeness (QED) is 0.739. The lowest BCUT2D eigenvalue weighted by atomic mass is 10.2. The first-order valence-electron chi connectivity index (χ1n) is 3.74. The van der Waals surface area contributed by atoms with Crippen LogP contribution in [0.25, 0.3) is 5.57 Å². The third kappa shape index (κ3) is 1.39. The summed E-state index contributed by atoms with van der Waals surface area (Å²) in [7, 11) is 0. The Morgan fingerprint density at radius 3 is 2.75 bits per heavy atom. The van der Waals surface area contributed by atoms with Gasteiger partial charge in [0.2, 0.25) is 0 Å². The summed E-state index contributed by atoms with van der Waals surface area (Å²) in [5.74, 6) is 0.255. The van der Waals surface area contributed by atoms with Gasteiger partial charge in [0, 0.05) is 15.8 Å². The Morgan fingerprint density at radius 1 is 1.42 bits per heavy atom. The Morgan fingerprint density at radius 2 is 2.25 bits per heavy atom. The molecule has 0 fully saturated rings. The zero-order valence-corrected chi connectivity index (χ0v) is 8.74. The SMILES string of the molecule is O=C1C=C(c2sccc2Br)CC1. The third-order valence-corrected chi connectivity index (χ3v) is 3.80. The molecule has 0 bridgehead atoms. The van der Waals surface area contributed by atoms with Gasteiger partial charge in [-0.3, -0.25) is 4.79 Å². The van der Waals surface area contributed by atoms with Gasteiger partial charge in [0.1, 0.15) is 0 Å². The van der Waals surface area contributed by atoms with E-state index in [1.54, 1.807) is 17.4 Å². The van der Waals surface area contributed by atoms with Gasteiger partial charge in [0.05, 0.1) is 0 Å². The second kappa shape index (κ2) is 3.15. The minimum Gasteiger partial charge on any atom is -0.295 e. The minimum atomic E-state index is 0.255. The lowest BCUT2D eigenvalue weighted by Gasteiger charge is -1.96. The number of carbonyl (C=O) groups is 1. The van der Waals surface area contributed by atoms with Crippen LogP contribution in [0.2, 0.25) is 0 Å². The maximum atomic E-state index is 11.0. The van der Waals surface area contributed by atoms with Crippen LogP contribution in [0, 0.1) is 0 Å². The highest BCUT2D eigenvalue weighted by Gasteiger charge is 2.16. The third-order valence-electron chi connectivity index (χ3n) is 1.88. The van der Waals surface area contributed by atoms with Crippen molar-refractivity contribution in [3.63, 3.8) is 0 Å². The lowest BCUT2D eigenvalue weighted by molar-refractivity contribution is -0.114. The Kier molecular flexibility index (Phi) is 2.15. The van der Waals surface area contributed by atoms with Crippen LogP contribution in [0.4, 0.5) is 0 Å². The molecule has 0 saturated carbocycles. The number of halogens is 1. The van der Waals surface area contributed by atoms with Crippen LogP contribution in [0.5, 0.6) is 0 Å². The van der Waals surface area contributed by atoms with Gasteiger partial charge in [-0.1, -0.05) is 0 Å². The van der Waals surface area contributed by atoms with Gasteiger partial charge in [-0.2, -0.15) is 0 Å². The molecule has 0 aromatic carbocycles. The van der Waals surface area contributed by atoms with Crippen LogP contribution in [-0.2, 0) is 4.79 Å². The molecule has 0 N–H and O–H groups in total. The molecule has 1 aliphatic rings. The summed E-state index contributed by atoms with van der Waals surface area (Å²) in [6, 6.07) is 2.02. The zero-order valence-electron chi connectivity index (χ0n) is 6.34. The van der Waals surface area contributed by atoms with Gasteiger partial charge in [-0.05, 0) is 45.4 Å². The van der Waals surface area contributed by atoms with Crippen molar-refractivity contribution in [1.29, 1.82) is 0 Å². The molecule has 0 unspecified atom stereocenters. The van der Waals surface area contributed by atoms with Gasteiger partial charge < -0.3 is 0 Å². The first kappa shape index (κ1) is 8.20. The first-order chi connectivity index (χ1) is 5.77. The van der Waals surface area contributed by atoms with E-state index < -0.39 is 0 Å². The molecule has 1 nitrogen and oxygen atoms in total. The molecule has 0 spiro atoms. The van der Waals surface area contributed by atoms with Gasteiger partial charge in [-0.25, -0.2) is 0 Å². The molecule has 0 aliphatic heterocycles. The highest BCUT2D eigenvalue weighted by atomic mass is 79.9. The molecular formula is C9H7BrOS. The molecule has 0 saturated heterocycles. The molecule has 0 radical (unpaired) electrons. The van der Waals surface area contributed by atoms with E-state index in [1.807, 2.05) is 11.4 Å². The fraction of sp³-hybridized carbons (Fsp3) is 0.222. The van der Waals surface area contributed by atoms with Crippen LogP contribution in [0.3, 0.4) is 0 Å². The summed E-state index contributed by atoms with van der Waals surface area (Å²) in [6.45, 7) is 0. The Labute approximate surface area is 83.2 Å². The number of hydrogen-bond donors (Lipinski definition) is 0. The number of rotatable bonds is 1. The molecule has 62 valence electrons. The summed E-state index contributed by atoms with van der Waals surface area (Å²) in [5.41, 5.74) is 1.18. The van der Waals surface area contributed by atoms with Gasteiger partial charge in [-0.15, -0.1) is 11.3 Å². The van der Waals surface area contributed by atoms with E-state index in [0.29, 0.717) is 6.42 Å². The van der Waals surface area contributed by atoms with Crippen molar-refractivity contribution in [2.75, 3.05) is 0 Å². The maximum Gasteiger partial charge on any atom is 0.156 e. The fourth-order valence-corrected chi connectivity index (χ4v) is 2.97. The van der Waals surface area contributed by atoms with E-state index >= 15 is 0 Å². The summed E-state index contributed by atoms with van der Waals surface area (Å²) < 4.78 is 1.11. The molecule has 1 aromatic rings. The Balaban J connectivity index is 2.38. The smallest absolute Gasteiger partial charge is 0.156 e. The van der Waals surface area contributed by atoms with Crippen LogP contribution >= 0.6 is 27.3 Å². The number of ketones is 1. The van der Waals surface area contributed by atoms with E-state index in [4.69, 9.17) is 0 Å². The number of carbonyl (C=O) groups excluding carboxylic acids is 1. The molecule has 2 rings (SSSR count). The normalized spacial score (nSPS) is 16.8. The van der Waals surface area contributed by atoms with E-state index in [9.17, 15) is 4.79 Å². The van der Waals surface area contributed by atoms with Gasteiger partial charge in [0.25, 0.3) is 0 Å². The molecule has 3 heteroatoms. The number of hydrogen-bond acceptors (Lipinski definition) is 2. The van der Waals surface area contributed by atoms with Crippen molar-refractivity contribution in [1.82, 2.24) is 0 Å². The van der Waals surface area contributed by atoms with Gasteiger partial charge >= 0.3 is 0 Å². The van der Waals surface area contributed by atoms with Crippen molar-refractivity contribution < 1.29 is 4.79 Å². The van der Waals surface area contributed by atoms with Crippen LogP contribution in [-0.4, -0.2) is 5.78 Å². The van der Waals surface area contributed by atoms with E-state index in [1.165, 1.54) is 10.5 Å². The summed E-state index contributed by atoms with van der Waals surface area (Å²) in [5, 5.41) is 2.03. The van der Waals surface area contributed by atoms with Crippen molar-refractivity contribution in [3.05, 3.63) is 26.9 Å². The summed E-state index contributed by atoms with van der Waals surface area (Å²) in [4.78, 5) is 12.2. The van der Waals surface area contributed by atoms with Crippen LogP contribution in [0.15, 0.2) is 22.0 Å². The Hall–Kier alpha value is -0.410. The lowest BCUT2D eigenvalue weighted by Crippen LogP contribution is -1.80. The second-order valence-corrected chi connectivity index (χ2v) is 4.50. The van der Waals surface area contributed by atoms with E-state index in [-0.39, 0.29) is 5.78 Å². The monoisotopic (exact) mass is 242 g/mol. The molecule has 12 heavy (non-hydrogen) atoms. The molecule has 1 aromatic heterocycles. The molecule has 1 aliphatic carbocycles. The average Bonchev–Trinajstić information content (AvgIpc) is 2.58. The number of thiophene rings is 1. The summed E-state index contributed by atoms with van der Waals surface area (Å²) >= 11 is 5.14. The molecule has 1 heterocycles. The average molecular weight is 243 g/mol. The minimum absolute atomic E-state index is 0.255. The van der Waals surface area contributed by atoms with Crippen molar-refractivity contribution in [2.45, 2.75) is 12.8 Å². The zero-order chi connectivity index (χ0) is 8.55. The highest BCUT2D eigenvalue weighted by Crippen LogP contribution is 2.34. The predicted octanol–water partition coefficient (Wildman–Crippen LogP) is 3.26. The maximum absolute atomic E-state index is 11.0. The molecule has 0 atom stereocenters. The fourth-order valence-electron chi connectivity index (χ4n) is 1.30. The van der Waals surface area contributed by atoms with Gasteiger partial charge in [0.15, 0.2) is 5.78 Å².